The summed E-state index contributed by atoms with van der Waals surface area (Å²) >= 11 is 0. The lowest BCUT2D eigenvalue weighted by atomic mass is 9.81. The van der Waals surface area contributed by atoms with Crippen LogP contribution in [-0.4, -0.2) is 37.6 Å². The maximum atomic E-state index is 3.59. The lowest BCUT2D eigenvalue weighted by Crippen LogP contribution is -2.43. The molecule has 0 radical (unpaired) electrons. The van der Waals surface area contributed by atoms with Crippen molar-refractivity contribution in [1.82, 2.24) is 10.2 Å². The summed E-state index contributed by atoms with van der Waals surface area (Å²) in [5, 5.41) is 3.59. The number of nitrogens with zero attached hydrogens (tertiary/aromatic N) is 1. The van der Waals surface area contributed by atoms with E-state index in [0.29, 0.717) is 5.41 Å². The molecule has 0 amide bonds. The average molecular weight is 252 g/mol. The Labute approximate surface area is 114 Å². The minimum Gasteiger partial charge on any atom is -0.316 e. The Kier molecular flexibility index (Phi) is 5.50. The van der Waals surface area contributed by atoms with Crippen LogP contribution in [0.1, 0.15) is 58.8 Å². The Morgan fingerprint density at radius 1 is 1.17 bits per heavy atom. The summed E-state index contributed by atoms with van der Waals surface area (Å²) in [5.74, 6) is 1.02. The minimum absolute atomic E-state index is 0.604. The molecule has 2 aliphatic heterocycles. The van der Waals surface area contributed by atoms with Crippen molar-refractivity contribution in [2.24, 2.45) is 11.3 Å². The molecule has 0 aliphatic carbocycles. The molecule has 18 heavy (non-hydrogen) atoms. The van der Waals surface area contributed by atoms with E-state index in [0.717, 1.165) is 5.92 Å². The second kappa shape index (κ2) is 6.91. The molecule has 2 heterocycles. The van der Waals surface area contributed by atoms with Gasteiger partial charge in [-0.3, -0.25) is 0 Å². The molecular weight excluding hydrogens is 220 g/mol. The zero-order valence-electron chi connectivity index (χ0n) is 12.5. The summed E-state index contributed by atoms with van der Waals surface area (Å²) in [5.41, 5.74) is 0.604. The standard InChI is InChI=1S/C16H32N2/c1-3-5-15-6-11-18(12-7-15)14-16(8-4-2)9-10-17-13-16/h15,17H,3-14H2,1-2H3. The molecule has 0 saturated carbocycles. The van der Waals surface area contributed by atoms with Crippen molar-refractivity contribution in [3.8, 4) is 0 Å². The second-order valence-electron chi connectivity index (χ2n) is 6.68. The van der Waals surface area contributed by atoms with E-state index in [1.54, 1.807) is 0 Å². The fraction of sp³-hybridized carbons (Fsp3) is 1.00. The van der Waals surface area contributed by atoms with Gasteiger partial charge in [0.2, 0.25) is 0 Å². The highest BCUT2D eigenvalue weighted by Gasteiger charge is 2.35. The summed E-state index contributed by atoms with van der Waals surface area (Å²) in [7, 11) is 0. The van der Waals surface area contributed by atoms with Crippen molar-refractivity contribution in [3.05, 3.63) is 0 Å². The number of nitrogens with one attached hydrogen (secondary N) is 1. The topological polar surface area (TPSA) is 15.3 Å². The monoisotopic (exact) mass is 252 g/mol. The molecule has 1 atom stereocenters. The van der Waals surface area contributed by atoms with Crippen LogP contribution in [0.5, 0.6) is 0 Å². The van der Waals surface area contributed by atoms with E-state index in [4.69, 9.17) is 0 Å². The first-order valence-electron chi connectivity index (χ1n) is 8.21. The quantitative estimate of drug-likeness (QED) is 0.780. The third-order valence-corrected chi connectivity index (χ3v) is 5.08. The first-order valence-corrected chi connectivity index (χ1v) is 8.21. The molecular formula is C16H32N2. The molecule has 2 aliphatic rings. The van der Waals surface area contributed by atoms with Crippen molar-refractivity contribution < 1.29 is 0 Å². The van der Waals surface area contributed by atoms with E-state index in [9.17, 15) is 0 Å². The predicted octanol–water partition coefficient (Wildman–Crippen LogP) is 3.28. The maximum Gasteiger partial charge on any atom is 0.00506 e. The lowest BCUT2D eigenvalue weighted by molar-refractivity contribution is 0.110. The third kappa shape index (κ3) is 3.71. The van der Waals surface area contributed by atoms with Gasteiger partial charge in [0.1, 0.15) is 0 Å². The summed E-state index contributed by atoms with van der Waals surface area (Å²) < 4.78 is 0. The van der Waals surface area contributed by atoms with Gasteiger partial charge < -0.3 is 10.2 Å². The molecule has 0 aromatic heterocycles. The highest BCUT2D eigenvalue weighted by Crippen LogP contribution is 2.33. The number of rotatable bonds is 6. The van der Waals surface area contributed by atoms with E-state index in [1.807, 2.05) is 0 Å². The Bertz CT molecular complexity index is 225. The summed E-state index contributed by atoms with van der Waals surface area (Å²) in [6.07, 6.45) is 9.87. The van der Waals surface area contributed by atoms with Crippen LogP contribution >= 0.6 is 0 Å². The molecule has 2 fully saturated rings. The zero-order chi connectivity index (χ0) is 12.8. The molecule has 2 rings (SSSR count). The molecule has 0 aromatic rings. The van der Waals surface area contributed by atoms with Crippen molar-refractivity contribution >= 4 is 0 Å². The first-order chi connectivity index (χ1) is 8.78. The molecule has 0 spiro atoms. The number of hydrogen-bond donors (Lipinski definition) is 1. The Hall–Kier alpha value is -0.0800. The van der Waals surface area contributed by atoms with Gasteiger partial charge in [0.15, 0.2) is 0 Å². The fourth-order valence-corrected chi connectivity index (χ4v) is 4.07. The van der Waals surface area contributed by atoms with Crippen molar-refractivity contribution in [2.45, 2.75) is 58.8 Å². The van der Waals surface area contributed by atoms with Crippen LogP contribution in [0.25, 0.3) is 0 Å². The molecule has 1 unspecified atom stereocenters. The van der Waals surface area contributed by atoms with Gasteiger partial charge in [-0.2, -0.15) is 0 Å². The second-order valence-corrected chi connectivity index (χ2v) is 6.68. The van der Waals surface area contributed by atoms with Crippen LogP contribution < -0.4 is 5.32 Å². The van der Waals surface area contributed by atoms with Crippen molar-refractivity contribution in [2.75, 3.05) is 32.7 Å². The van der Waals surface area contributed by atoms with E-state index in [2.05, 4.69) is 24.1 Å². The molecule has 1 N–H and O–H groups in total. The Morgan fingerprint density at radius 2 is 1.94 bits per heavy atom. The molecule has 0 aromatic carbocycles. The Morgan fingerprint density at radius 3 is 2.50 bits per heavy atom. The smallest absolute Gasteiger partial charge is 0.00506 e. The number of likely N-dealkylation sites (tertiary alicyclic amines) is 1. The van der Waals surface area contributed by atoms with Crippen LogP contribution in [0.3, 0.4) is 0 Å². The number of piperidine rings is 1. The van der Waals surface area contributed by atoms with Crippen molar-refractivity contribution in [1.29, 1.82) is 0 Å². The number of hydrogen-bond acceptors (Lipinski definition) is 2. The summed E-state index contributed by atoms with van der Waals surface area (Å²) in [4.78, 5) is 2.76. The maximum absolute atomic E-state index is 3.59. The van der Waals surface area contributed by atoms with E-state index in [1.165, 1.54) is 77.7 Å². The first kappa shape index (κ1) is 14.3. The summed E-state index contributed by atoms with van der Waals surface area (Å²) in [6, 6.07) is 0. The van der Waals surface area contributed by atoms with Crippen LogP contribution in [0, 0.1) is 11.3 Å². The average Bonchev–Trinajstić information content (AvgIpc) is 2.81. The normalized spacial score (nSPS) is 31.0. The lowest BCUT2D eigenvalue weighted by Gasteiger charge is -2.38. The van der Waals surface area contributed by atoms with Gasteiger partial charge in [-0.1, -0.05) is 33.1 Å². The van der Waals surface area contributed by atoms with Gasteiger partial charge in [0.25, 0.3) is 0 Å². The van der Waals surface area contributed by atoms with Gasteiger partial charge in [-0.25, -0.2) is 0 Å². The van der Waals surface area contributed by atoms with E-state index < -0.39 is 0 Å². The third-order valence-electron chi connectivity index (χ3n) is 5.08. The van der Waals surface area contributed by atoms with E-state index in [-0.39, 0.29) is 0 Å². The molecule has 2 saturated heterocycles. The zero-order valence-corrected chi connectivity index (χ0v) is 12.5. The molecule has 2 heteroatoms. The highest BCUT2D eigenvalue weighted by molar-refractivity contribution is 4.91. The molecule has 106 valence electrons. The summed E-state index contributed by atoms with van der Waals surface area (Å²) in [6.45, 7) is 11.2. The predicted molar refractivity (Wildman–Crippen MR) is 78.9 cm³/mol. The molecule has 2 nitrogen and oxygen atoms in total. The van der Waals surface area contributed by atoms with Gasteiger partial charge >= 0.3 is 0 Å². The van der Waals surface area contributed by atoms with Crippen LogP contribution in [0.2, 0.25) is 0 Å². The minimum atomic E-state index is 0.604. The van der Waals surface area contributed by atoms with Gasteiger partial charge in [0.05, 0.1) is 0 Å². The van der Waals surface area contributed by atoms with Gasteiger partial charge in [-0.05, 0) is 56.7 Å². The van der Waals surface area contributed by atoms with Crippen LogP contribution in [0.15, 0.2) is 0 Å². The molecule has 0 bridgehead atoms. The van der Waals surface area contributed by atoms with E-state index >= 15 is 0 Å². The SMILES string of the molecule is CCCC1CCN(CC2(CCC)CCNC2)CC1. The van der Waals surface area contributed by atoms with Crippen LogP contribution in [0.4, 0.5) is 0 Å². The van der Waals surface area contributed by atoms with Crippen molar-refractivity contribution in [3.63, 3.8) is 0 Å². The Balaban J connectivity index is 1.79. The largest absolute Gasteiger partial charge is 0.316 e. The van der Waals surface area contributed by atoms with Gasteiger partial charge in [0, 0.05) is 13.1 Å². The van der Waals surface area contributed by atoms with Gasteiger partial charge in [-0.15, -0.1) is 0 Å². The highest BCUT2D eigenvalue weighted by atomic mass is 15.1. The fourth-order valence-electron chi connectivity index (χ4n) is 4.07. The van der Waals surface area contributed by atoms with Crippen LogP contribution in [-0.2, 0) is 0 Å².